The number of anilines is 1. The topological polar surface area (TPSA) is 65.2 Å². The number of halogens is 1. The van der Waals surface area contributed by atoms with E-state index in [1.54, 1.807) is 36.1 Å². The molecular weight excluding hydrogens is 409 g/mol. The minimum Gasteiger partial charge on any atom is -0.378 e. The van der Waals surface area contributed by atoms with E-state index in [0.717, 1.165) is 24.5 Å². The summed E-state index contributed by atoms with van der Waals surface area (Å²) in [7, 11) is 0. The second-order valence-corrected chi connectivity index (χ2v) is 7.63. The molecule has 2 aromatic carbocycles. The molecule has 1 saturated heterocycles. The molecule has 8 heteroatoms. The van der Waals surface area contributed by atoms with Crippen LogP contribution in [-0.2, 0) is 4.74 Å². The summed E-state index contributed by atoms with van der Waals surface area (Å²) in [5.74, 6) is -0.410. The van der Waals surface area contributed by atoms with Gasteiger partial charge >= 0.3 is 0 Å². The van der Waals surface area contributed by atoms with Crippen LogP contribution in [0.2, 0.25) is 0 Å². The first-order valence-electron chi connectivity index (χ1n) is 10.4. The van der Waals surface area contributed by atoms with E-state index in [2.05, 4.69) is 15.1 Å². The molecule has 162 valence electrons. The molecule has 0 unspecified atom stereocenters. The highest BCUT2D eigenvalue weighted by Gasteiger charge is 2.18. The van der Waals surface area contributed by atoms with Crippen molar-refractivity contribution in [2.24, 2.45) is 0 Å². The van der Waals surface area contributed by atoms with Gasteiger partial charge in [0.15, 0.2) is 11.5 Å². The Kier molecular flexibility index (Phi) is 5.28. The van der Waals surface area contributed by atoms with Crippen LogP contribution in [0.4, 0.5) is 10.1 Å². The minimum absolute atomic E-state index is 0.211. The molecule has 0 spiro atoms. The highest BCUT2D eigenvalue weighted by Crippen LogP contribution is 2.23. The SMILES string of the molecule is Cc1cn(-c2ccc(N3CCOCC3)cc2F)nc(-c2ccnn2-c2ccccc2)c1=O. The summed E-state index contributed by atoms with van der Waals surface area (Å²) in [5.41, 5.74) is 2.89. The van der Waals surface area contributed by atoms with E-state index in [9.17, 15) is 4.79 Å². The lowest BCUT2D eigenvalue weighted by Crippen LogP contribution is -2.36. The fourth-order valence-electron chi connectivity index (χ4n) is 3.86. The predicted octanol–water partition coefficient (Wildman–Crippen LogP) is 3.37. The molecule has 1 fully saturated rings. The zero-order valence-corrected chi connectivity index (χ0v) is 17.6. The summed E-state index contributed by atoms with van der Waals surface area (Å²) >= 11 is 0. The molecule has 4 aromatic rings. The molecule has 2 aromatic heterocycles. The molecule has 0 atom stereocenters. The molecule has 3 heterocycles. The Hall–Kier alpha value is -3.78. The Morgan fingerprint density at radius 3 is 2.53 bits per heavy atom. The van der Waals surface area contributed by atoms with Gasteiger partial charge in [-0.3, -0.25) is 4.79 Å². The smallest absolute Gasteiger partial charge is 0.212 e. The van der Waals surface area contributed by atoms with Gasteiger partial charge in [0.1, 0.15) is 5.69 Å². The number of aryl methyl sites for hydroxylation is 1. The number of hydrogen-bond donors (Lipinski definition) is 0. The van der Waals surface area contributed by atoms with Crippen molar-refractivity contribution in [3.05, 3.63) is 88.6 Å². The van der Waals surface area contributed by atoms with Gasteiger partial charge in [0.05, 0.1) is 30.8 Å². The zero-order valence-electron chi connectivity index (χ0n) is 17.6. The van der Waals surface area contributed by atoms with Gasteiger partial charge in [0.2, 0.25) is 5.43 Å². The van der Waals surface area contributed by atoms with E-state index >= 15 is 4.39 Å². The highest BCUT2D eigenvalue weighted by molar-refractivity contribution is 5.59. The van der Waals surface area contributed by atoms with Crippen molar-refractivity contribution >= 4 is 5.69 Å². The summed E-state index contributed by atoms with van der Waals surface area (Å²) in [6.07, 6.45) is 3.18. The second kappa shape index (κ2) is 8.39. The maximum atomic E-state index is 15.1. The Balaban J connectivity index is 1.57. The standard InChI is InChI=1S/C24H22FN5O2/c1-17-16-29(21-8-7-19(15-20(21)25)28-11-13-32-14-12-28)27-23(24(17)31)22-9-10-26-30(22)18-5-3-2-4-6-18/h2-10,15-16H,11-14H2,1H3. The number of aromatic nitrogens is 4. The summed E-state index contributed by atoms with van der Waals surface area (Å²) in [6, 6.07) is 16.3. The lowest BCUT2D eigenvalue weighted by atomic mass is 10.2. The molecule has 0 radical (unpaired) electrons. The number of ether oxygens (including phenoxy) is 1. The summed E-state index contributed by atoms with van der Waals surface area (Å²) in [4.78, 5) is 15.0. The lowest BCUT2D eigenvalue weighted by Gasteiger charge is -2.29. The molecule has 0 amide bonds. The van der Waals surface area contributed by atoms with Gasteiger partial charge in [-0.05, 0) is 43.3 Å². The van der Waals surface area contributed by atoms with Crippen LogP contribution in [0.5, 0.6) is 0 Å². The Labute approximate surface area is 184 Å². The van der Waals surface area contributed by atoms with Gasteiger partial charge in [-0.25, -0.2) is 13.8 Å². The molecule has 1 aliphatic heterocycles. The predicted molar refractivity (Wildman–Crippen MR) is 120 cm³/mol. The number of hydrogen-bond acceptors (Lipinski definition) is 5. The first kappa shape index (κ1) is 20.1. The molecule has 0 N–H and O–H groups in total. The molecule has 0 aliphatic carbocycles. The average molecular weight is 431 g/mol. The lowest BCUT2D eigenvalue weighted by molar-refractivity contribution is 0.122. The van der Waals surface area contributed by atoms with Crippen LogP contribution in [0.1, 0.15) is 5.56 Å². The third kappa shape index (κ3) is 3.69. The molecule has 5 rings (SSSR count). The maximum absolute atomic E-state index is 15.1. The fourth-order valence-corrected chi connectivity index (χ4v) is 3.86. The van der Waals surface area contributed by atoms with Gasteiger partial charge in [-0.15, -0.1) is 0 Å². The summed E-state index contributed by atoms with van der Waals surface area (Å²) < 4.78 is 23.6. The van der Waals surface area contributed by atoms with E-state index in [0.29, 0.717) is 24.5 Å². The maximum Gasteiger partial charge on any atom is 0.212 e. The van der Waals surface area contributed by atoms with Crippen LogP contribution in [0.15, 0.2) is 71.8 Å². The van der Waals surface area contributed by atoms with Gasteiger partial charge in [-0.1, -0.05) is 18.2 Å². The van der Waals surface area contributed by atoms with E-state index in [1.807, 2.05) is 36.4 Å². The number of nitrogens with zero attached hydrogens (tertiary/aromatic N) is 5. The van der Waals surface area contributed by atoms with Crippen molar-refractivity contribution in [3.8, 4) is 22.8 Å². The van der Waals surface area contributed by atoms with Crippen molar-refractivity contribution in [1.29, 1.82) is 0 Å². The van der Waals surface area contributed by atoms with Crippen LogP contribution >= 0.6 is 0 Å². The van der Waals surface area contributed by atoms with Crippen molar-refractivity contribution in [2.75, 3.05) is 31.2 Å². The largest absolute Gasteiger partial charge is 0.378 e. The molecule has 32 heavy (non-hydrogen) atoms. The molecule has 1 aliphatic rings. The summed E-state index contributed by atoms with van der Waals surface area (Å²) in [5, 5.41) is 8.86. The van der Waals surface area contributed by atoms with E-state index in [1.165, 1.54) is 10.7 Å². The zero-order chi connectivity index (χ0) is 22.1. The molecule has 0 bridgehead atoms. The van der Waals surface area contributed by atoms with E-state index < -0.39 is 5.82 Å². The molecular formula is C24H22FN5O2. The number of morpholine rings is 1. The minimum atomic E-state index is -0.410. The third-order valence-electron chi connectivity index (χ3n) is 5.54. The van der Waals surface area contributed by atoms with E-state index in [-0.39, 0.29) is 16.8 Å². The van der Waals surface area contributed by atoms with Crippen molar-refractivity contribution in [3.63, 3.8) is 0 Å². The first-order valence-corrected chi connectivity index (χ1v) is 10.4. The van der Waals surface area contributed by atoms with E-state index in [4.69, 9.17) is 4.74 Å². The normalized spacial score (nSPS) is 14.0. The monoisotopic (exact) mass is 431 g/mol. The van der Waals surface area contributed by atoms with Crippen molar-refractivity contribution in [2.45, 2.75) is 6.92 Å². The van der Waals surface area contributed by atoms with Gasteiger partial charge in [-0.2, -0.15) is 10.2 Å². The van der Waals surface area contributed by atoms with Crippen LogP contribution in [0, 0.1) is 12.7 Å². The van der Waals surface area contributed by atoms with Gasteiger partial charge < -0.3 is 9.64 Å². The Morgan fingerprint density at radius 2 is 1.78 bits per heavy atom. The second-order valence-electron chi connectivity index (χ2n) is 7.63. The van der Waals surface area contributed by atoms with Gasteiger partial charge in [0.25, 0.3) is 0 Å². The van der Waals surface area contributed by atoms with Crippen LogP contribution in [0.3, 0.4) is 0 Å². The van der Waals surface area contributed by atoms with Crippen molar-refractivity contribution < 1.29 is 9.13 Å². The highest BCUT2D eigenvalue weighted by atomic mass is 19.1. The van der Waals surface area contributed by atoms with Gasteiger partial charge in [0, 0.05) is 30.5 Å². The average Bonchev–Trinajstić information content (AvgIpc) is 3.32. The van der Waals surface area contributed by atoms with Crippen LogP contribution in [0.25, 0.3) is 22.8 Å². The third-order valence-corrected chi connectivity index (χ3v) is 5.54. The molecule has 0 saturated carbocycles. The number of para-hydroxylation sites is 1. The quantitative estimate of drug-likeness (QED) is 0.496. The molecule has 7 nitrogen and oxygen atoms in total. The fraction of sp³-hybridized carbons (Fsp3) is 0.208. The number of rotatable bonds is 4. The summed E-state index contributed by atoms with van der Waals surface area (Å²) in [6.45, 7) is 4.40. The Morgan fingerprint density at radius 1 is 1.00 bits per heavy atom. The Bertz CT molecular complexity index is 1310. The first-order chi connectivity index (χ1) is 15.6. The van der Waals surface area contributed by atoms with Crippen molar-refractivity contribution in [1.82, 2.24) is 19.6 Å². The van der Waals surface area contributed by atoms with Crippen LogP contribution in [-0.4, -0.2) is 45.9 Å². The van der Waals surface area contributed by atoms with Crippen LogP contribution < -0.4 is 10.3 Å². The number of benzene rings is 2.